The van der Waals surface area contributed by atoms with E-state index in [2.05, 4.69) is 57.1 Å². The first-order valence-corrected chi connectivity index (χ1v) is 21.2. The van der Waals surface area contributed by atoms with E-state index in [0.29, 0.717) is 6.42 Å². The van der Waals surface area contributed by atoms with Crippen molar-refractivity contribution in [3.63, 3.8) is 0 Å². The fraction of sp³-hybridized carbons (Fsp3) is 0.886. The van der Waals surface area contributed by atoms with Crippen LogP contribution in [0.2, 0.25) is 0 Å². The zero-order valence-corrected chi connectivity index (χ0v) is 32.7. The Hall–Kier alpha value is -1.09. The average molecular weight is 660 g/mol. The third-order valence-corrected chi connectivity index (χ3v) is 9.64. The predicted octanol–water partition coefficient (Wildman–Crippen LogP) is 14.5. The second-order valence-corrected chi connectivity index (χ2v) is 14.8. The summed E-state index contributed by atoms with van der Waals surface area (Å²) in [6.45, 7) is 5.61. The molecule has 3 nitrogen and oxygen atoms in total. The third kappa shape index (κ3) is 39.2. The Labute approximate surface area is 296 Å². The highest BCUT2D eigenvalue weighted by Gasteiger charge is 2.14. The number of ether oxygens (including phenoxy) is 1. The number of carbonyl (C=O) groups excluding carboxylic acids is 1. The van der Waals surface area contributed by atoms with Crippen molar-refractivity contribution in [2.75, 3.05) is 20.6 Å². The molecule has 0 saturated carbocycles. The Balaban J connectivity index is 3.98. The molecule has 0 aromatic rings. The second kappa shape index (κ2) is 39.3. The summed E-state index contributed by atoms with van der Waals surface area (Å²) in [7, 11) is 4.19. The minimum atomic E-state index is 0.0327. The van der Waals surface area contributed by atoms with Crippen molar-refractivity contribution in [1.82, 2.24) is 4.90 Å². The molecular formula is C44H85NO2. The molecule has 1 unspecified atom stereocenters. The standard InChI is InChI=1S/C44H85NO2/c1-5-7-9-11-13-15-17-19-21-23-25-27-29-31-33-35-39-43(47-44(46)41-37-38-42-45(3)4)40-36-34-32-30-28-26-24-22-20-18-16-14-12-10-8-6-2/h13,15,19,21,43H,5-12,14,16-18,20,22-42H2,1-4H3/b15-13-,21-19-. The van der Waals surface area contributed by atoms with Crippen LogP contribution in [0.5, 0.6) is 0 Å². The van der Waals surface area contributed by atoms with E-state index in [9.17, 15) is 4.79 Å². The smallest absolute Gasteiger partial charge is 0.306 e. The Morgan fingerprint density at radius 2 is 0.872 bits per heavy atom. The van der Waals surface area contributed by atoms with Crippen molar-refractivity contribution in [2.24, 2.45) is 0 Å². The van der Waals surface area contributed by atoms with Crippen molar-refractivity contribution >= 4 is 5.97 Å². The molecule has 278 valence electrons. The monoisotopic (exact) mass is 660 g/mol. The van der Waals surface area contributed by atoms with Crippen LogP contribution in [0.3, 0.4) is 0 Å². The second-order valence-electron chi connectivity index (χ2n) is 14.8. The highest BCUT2D eigenvalue weighted by molar-refractivity contribution is 5.69. The first-order valence-electron chi connectivity index (χ1n) is 21.2. The molecule has 0 aromatic heterocycles. The molecule has 0 aliphatic carbocycles. The van der Waals surface area contributed by atoms with E-state index in [4.69, 9.17) is 4.74 Å². The molecule has 0 saturated heterocycles. The molecule has 0 rings (SSSR count). The highest BCUT2D eigenvalue weighted by Crippen LogP contribution is 2.19. The Bertz CT molecular complexity index is 670. The number of hydrogen-bond acceptors (Lipinski definition) is 3. The largest absolute Gasteiger partial charge is 0.462 e. The molecule has 0 fully saturated rings. The van der Waals surface area contributed by atoms with Gasteiger partial charge < -0.3 is 9.64 Å². The maximum Gasteiger partial charge on any atom is 0.306 e. The van der Waals surface area contributed by atoms with E-state index in [1.807, 2.05) is 0 Å². The van der Waals surface area contributed by atoms with Gasteiger partial charge in [0.15, 0.2) is 0 Å². The van der Waals surface area contributed by atoms with Gasteiger partial charge in [-0.2, -0.15) is 0 Å². The maximum atomic E-state index is 12.6. The van der Waals surface area contributed by atoms with Crippen LogP contribution in [0.4, 0.5) is 0 Å². The van der Waals surface area contributed by atoms with E-state index in [1.54, 1.807) is 0 Å². The third-order valence-electron chi connectivity index (χ3n) is 9.64. The van der Waals surface area contributed by atoms with E-state index in [0.717, 1.165) is 38.6 Å². The van der Waals surface area contributed by atoms with Crippen molar-refractivity contribution in [3.8, 4) is 0 Å². The molecule has 0 spiro atoms. The van der Waals surface area contributed by atoms with Crippen LogP contribution < -0.4 is 0 Å². The molecule has 0 aliphatic heterocycles. The van der Waals surface area contributed by atoms with Crippen LogP contribution >= 0.6 is 0 Å². The minimum absolute atomic E-state index is 0.0327. The van der Waals surface area contributed by atoms with Gasteiger partial charge >= 0.3 is 5.97 Å². The van der Waals surface area contributed by atoms with Crippen LogP contribution in [0.15, 0.2) is 24.3 Å². The van der Waals surface area contributed by atoms with Crippen molar-refractivity contribution in [1.29, 1.82) is 0 Å². The predicted molar refractivity (Wildman–Crippen MR) is 210 cm³/mol. The molecule has 0 bridgehead atoms. The Kier molecular flexibility index (Phi) is 38.4. The number of hydrogen-bond donors (Lipinski definition) is 0. The zero-order chi connectivity index (χ0) is 34.3. The Morgan fingerprint density at radius 1 is 0.489 bits per heavy atom. The lowest BCUT2D eigenvalue weighted by atomic mass is 10.0. The average Bonchev–Trinajstić information content (AvgIpc) is 3.06. The lowest BCUT2D eigenvalue weighted by Crippen LogP contribution is -2.19. The summed E-state index contributed by atoms with van der Waals surface area (Å²) >= 11 is 0. The van der Waals surface area contributed by atoms with Gasteiger partial charge in [-0.25, -0.2) is 0 Å². The molecular weight excluding hydrogens is 574 g/mol. The molecule has 0 amide bonds. The molecule has 47 heavy (non-hydrogen) atoms. The lowest BCUT2D eigenvalue weighted by Gasteiger charge is -2.18. The quantitative estimate of drug-likeness (QED) is 0.0375. The number of esters is 1. The van der Waals surface area contributed by atoms with Gasteiger partial charge in [-0.3, -0.25) is 4.79 Å². The summed E-state index contributed by atoms with van der Waals surface area (Å²) in [6, 6.07) is 0. The molecule has 0 aliphatic rings. The number of rotatable bonds is 38. The fourth-order valence-corrected chi connectivity index (χ4v) is 6.48. The van der Waals surface area contributed by atoms with Gasteiger partial charge in [-0.05, 0) is 91.3 Å². The Morgan fingerprint density at radius 3 is 1.32 bits per heavy atom. The van der Waals surface area contributed by atoms with Gasteiger partial charge in [-0.1, -0.05) is 173 Å². The van der Waals surface area contributed by atoms with Crippen molar-refractivity contribution in [3.05, 3.63) is 24.3 Å². The van der Waals surface area contributed by atoms with E-state index >= 15 is 0 Å². The lowest BCUT2D eigenvalue weighted by molar-refractivity contribution is -0.150. The van der Waals surface area contributed by atoms with Crippen LogP contribution in [-0.2, 0) is 9.53 Å². The van der Waals surface area contributed by atoms with Gasteiger partial charge in [0, 0.05) is 6.42 Å². The van der Waals surface area contributed by atoms with Crippen LogP contribution in [0.1, 0.15) is 226 Å². The highest BCUT2D eigenvalue weighted by atomic mass is 16.5. The van der Waals surface area contributed by atoms with Crippen molar-refractivity contribution in [2.45, 2.75) is 232 Å². The normalized spacial score (nSPS) is 12.6. The first kappa shape index (κ1) is 45.9. The zero-order valence-electron chi connectivity index (χ0n) is 32.7. The molecule has 3 heteroatoms. The minimum Gasteiger partial charge on any atom is -0.462 e. The molecule has 1 atom stereocenters. The topological polar surface area (TPSA) is 29.5 Å². The number of nitrogens with zero attached hydrogens (tertiary/aromatic N) is 1. The summed E-state index contributed by atoms with van der Waals surface area (Å²) in [5, 5.41) is 0. The van der Waals surface area contributed by atoms with Gasteiger partial charge in [0.05, 0.1) is 0 Å². The van der Waals surface area contributed by atoms with Gasteiger partial charge in [-0.15, -0.1) is 0 Å². The molecule has 0 heterocycles. The van der Waals surface area contributed by atoms with Gasteiger partial charge in [0.2, 0.25) is 0 Å². The summed E-state index contributed by atoms with van der Waals surface area (Å²) in [5.74, 6) is 0.0327. The van der Waals surface area contributed by atoms with E-state index < -0.39 is 0 Å². The van der Waals surface area contributed by atoms with E-state index in [-0.39, 0.29) is 12.1 Å². The van der Waals surface area contributed by atoms with Crippen LogP contribution in [0, 0.1) is 0 Å². The van der Waals surface area contributed by atoms with Crippen LogP contribution in [-0.4, -0.2) is 37.6 Å². The molecule has 0 N–H and O–H groups in total. The number of carbonyl (C=O) groups is 1. The fourth-order valence-electron chi connectivity index (χ4n) is 6.48. The molecule has 0 radical (unpaired) electrons. The van der Waals surface area contributed by atoms with Gasteiger partial charge in [0.1, 0.15) is 6.10 Å². The van der Waals surface area contributed by atoms with E-state index in [1.165, 1.54) is 173 Å². The summed E-state index contributed by atoms with van der Waals surface area (Å²) in [6.07, 6.45) is 51.8. The maximum absolute atomic E-state index is 12.6. The van der Waals surface area contributed by atoms with Gasteiger partial charge in [0.25, 0.3) is 0 Å². The van der Waals surface area contributed by atoms with Crippen LogP contribution in [0.25, 0.3) is 0 Å². The number of allylic oxidation sites excluding steroid dienone is 4. The molecule has 0 aromatic carbocycles. The SMILES string of the molecule is CCCCC/C=C\C/C=C\CCCCCCCCC(CCCCCCCCCCCCCCCCCC)OC(=O)CCCCN(C)C. The summed E-state index contributed by atoms with van der Waals surface area (Å²) < 4.78 is 6.04. The first-order chi connectivity index (χ1) is 23.1. The van der Waals surface area contributed by atoms with Crippen molar-refractivity contribution < 1.29 is 9.53 Å². The summed E-state index contributed by atoms with van der Waals surface area (Å²) in [4.78, 5) is 14.8. The number of unbranched alkanes of at least 4 members (excludes halogenated alkanes) is 25. The summed E-state index contributed by atoms with van der Waals surface area (Å²) in [5.41, 5.74) is 0.